The molecule has 0 unspecified atom stereocenters. The van der Waals surface area contributed by atoms with Gasteiger partial charge < -0.3 is 10.0 Å². The lowest BCUT2D eigenvalue weighted by atomic mass is 9.96. The molecule has 2 aromatic carbocycles. The molecule has 0 spiro atoms. The minimum absolute atomic E-state index is 0. The van der Waals surface area contributed by atoms with Crippen LogP contribution >= 0.6 is 12.4 Å². The van der Waals surface area contributed by atoms with Crippen molar-refractivity contribution in [3.05, 3.63) is 60.4 Å². The molecular weight excluding hydrogens is 386 g/mol. The first-order valence-corrected chi connectivity index (χ1v) is 9.36. The summed E-state index contributed by atoms with van der Waals surface area (Å²) in [6, 6.07) is 15.7. The third-order valence-electron chi connectivity index (χ3n) is 5.39. The second-order valence-corrected chi connectivity index (χ2v) is 7.57. The average molecular weight is 408 g/mol. The topological polar surface area (TPSA) is 67.1 Å². The monoisotopic (exact) mass is 407 g/mol. The van der Waals surface area contributed by atoms with Crippen molar-refractivity contribution in [1.29, 1.82) is 0 Å². The minimum Gasteiger partial charge on any atom is -0.507 e. The Morgan fingerprint density at radius 1 is 0.931 bits per heavy atom. The number of hydrogen-bond acceptors (Lipinski definition) is 5. The van der Waals surface area contributed by atoms with Gasteiger partial charge in [-0.15, -0.1) is 12.4 Å². The Kier molecular flexibility index (Phi) is 4.98. The predicted octanol–water partition coefficient (Wildman–Crippen LogP) is 3.85. The number of halogens is 1. The summed E-state index contributed by atoms with van der Waals surface area (Å²) in [5.41, 5.74) is 5.34. The van der Waals surface area contributed by atoms with Gasteiger partial charge in [-0.25, -0.2) is 0 Å². The van der Waals surface area contributed by atoms with Crippen molar-refractivity contribution in [1.82, 2.24) is 24.9 Å². The van der Waals surface area contributed by atoms with Crippen LogP contribution in [0, 0.1) is 0 Å². The van der Waals surface area contributed by atoms with Crippen molar-refractivity contribution in [2.45, 2.75) is 5.92 Å². The molecule has 1 aliphatic heterocycles. The molecule has 5 rings (SSSR count). The van der Waals surface area contributed by atoms with Crippen LogP contribution in [0.1, 0.15) is 11.6 Å². The van der Waals surface area contributed by atoms with Gasteiger partial charge in [0.15, 0.2) is 0 Å². The van der Waals surface area contributed by atoms with Gasteiger partial charge in [-0.1, -0.05) is 12.1 Å². The normalized spacial score (nSPS) is 14.6. The molecule has 0 saturated carbocycles. The van der Waals surface area contributed by atoms with E-state index in [0.717, 1.165) is 40.8 Å². The number of fused-ring (bicyclic) bond motifs is 1. The third kappa shape index (κ3) is 3.57. The van der Waals surface area contributed by atoms with Gasteiger partial charge in [0.25, 0.3) is 0 Å². The second-order valence-electron chi connectivity index (χ2n) is 7.57. The summed E-state index contributed by atoms with van der Waals surface area (Å²) in [7, 11) is 4.01. The van der Waals surface area contributed by atoms with E-state index in [9.17, 15) is 5.11 Å². The molecule has 4 aromatic rings. The number of hydrogen-bond donors (Lipinski definition) is 1. The number of aromatic hydroxyl groups is 1. The van der Waals surface area contributed by atoms with Crippen LogP contribution in [0.2, 0.25) is 0 Å². The van der Waals surface area contributed by atoms with Crippen molar-refractivity contribution in [3.8, 4) is 28.1 Å². The number of phenols is 1. The molecule has 1 N–H and O–H groups in total. The lowest BCUT2D eigenvalue weighted by Gasteiger charge is -2.35. The Bertz CT molecular complexity index is 1170. The van der Waals surface area contributed by atoms with Gasteiger partial charge in [-0.2, -0.15) is 15.3 Å². The van der Waals surface area contributed by atoms with Crippen molar-refractivity contribution in [3.63, 3.8) is 0 Å². The number of nitrogens with zero attached hydrogens (tertiary/aromatic N) is 5. The number of likely N-dealkylation sites (tertiary alicyclic amines) is 1. The molecule has 7 heteroatoms. The van der Waals surface area contributed by atoms with E-state index in [-0.39, 0.29) is 18.2 Å². The Morgan fingerprint density at radius 3 is 2.38 bits per heavy atom. The number of phenolic OH excluding ortho intramolecular Hbond substituents is 1. The summed E-state index contributed by atoms with van der Waals surface area (Å²) in [5.74, 6) is 0.666. The van der Waals surface area contributed by atoms with Crippen molar-refractivity contribution in [2.24, 2.45) is 7.05 Å². The first kappa shape index (κ1) is 19.4. The number of likely N-dealkylation sites (N-methyl/N-ethyl adjacent to an activating group) is 1. The molecule has 148 valence electrons. The van der Waals surface area contributed by atoms with E-state index in [1.165, 1.54) is 0 Å². The summed E-state index contributed by atoms with van der Waals surface area (Å²) in [5, 5.41) is 24.8. The predicted molar refractivity (Wildman–Crippen MR) is 116 cm³/mol. The van der Waals surface area contributed by atoms with Crippen LogP contribution in [-0.4, -0.2) is 50.1 Å². The zero-order valence-corrected chi connectivity index (χ0v) is 17.1. The van der Waals surface area contributed by atoms with E-state index in [0.29, 0.717) is 17.2 Å². The highest BCUT2D eigenvalue weighted by molar-refractivity contribution is 5.85. The van der Waals surface area contributed by atoms with Crippen LogP contribution in [-0.2, 0) is 7.05 Å². The van der Waals surface area contributed by atoms with Gasteiger partial charge in [0.2, 0.25) is 0 Å². The largest absolute Gasteiger partial charge is 0.507 e. The highest BCUT2D eigenvalue weighted by Crippen LogP contribution is 2.34. The van der Waals surface area contributed by atoms with Crippen molar-refractivity contribution >= 4 is 23.3 Å². The highest BCUT2D eigenvalue weighted by Gasteiger charge is 2.26. The average Bonchev–Trinajstić information content (AvgIpc) is 3.05. The second kappa shape index (κ2) is 7.46. The molecule has 0 bridgehead atoms. The summed E-state index contributed by atoms with van der Waals surface area (Å²) in [4.78, 5) is 2.26. The Labute approximate surface area is 175 Å². The first-order valence-electron chi connectivity index (χ1n) is 9.36. The molecule has 0 aliphatic carbocycles. The van der Waals surface area contributed by atoms with Gasteiger partial charge in [-0.05, 0) is 54.6 Å². The standard InChI is InChI=1S/C22H21N5O.ClH/c1-26-11-17(12-26)19-7-8-21(24-23-19)18-5-3-15(10-22(18)28)14-4-6-20-16(9-14)13-27(2)25-20;/h3-10,13,17,28H,11-12H2,1-2H3;1H. The third-order valence-corrected chi connectivity index (χ3v) is 5.39. The SMILES string of the molecule is CN1CC(c2ccc(-c3ccc(-c4ccc5nn(C)cc5c4)cc3O)nn2)C1.Cl. The number of rotatable bonds is 3. The maximum absolute atomic E-state index is 10.6. The van der Waals surface area contributed by atoms with E-state index >= 15 is 0 Å². The maximum Gasteiger partial charge on any atom is 0.125 e. The zero-order valence-electron chi connectivity index (χ0n) is 16.3. The Morgan fingerprint density at radius 2 is 1.69 bits per heavy atom. The summed E-state index contributed by atoms with van der Waals surface area (Å²) in [6.07, 6.45) is 1.99. The fourth-order valence-electron chi connectivity index (χ4n) is 3.85. The highest BCUT2D eigenvalue weighted by atomic mass is 35.5. The van der Waals surface area contributed by atoms with E-state index in [1.54, 1.807) is 10.7 Å². The Hall–Kier alpha value is -2.96. The Balaban J connectivity index is 0.00000205. The molecule has 0 amide bonds. The van der Waals surface area contributed by atoms with Gasteiger partial charge in [0.1, 0.15) is 5.75 Å². The van der Waals surface area contributed by atoms with Crippen LogP contribution in [0.4, 0.5) is 0 Å². The minimum atomic E-state index is 0. The lowest BCUT2D eigenvalue weighted by molar-refractivity contribution is 0.186. The van der Waals surface area contributed by atoms with Gasteiger partial charge >= 0.3 is 0 Å². The molecule has 3 heterocycles. The molecule has 1 fully saturated rings. The summed E-state index contributed by atoms with van der Waals surface area (Å²) >= 11 is 0. The van der Waals surface area contributed by atoms with E-state index in [2.05, 4.69) is 33.3 Å². The molecule has 1 saturated heterocycles. The smallest absolute Gasteiger partial charge is 0.125 e. The van der Waals surface area contributed by atoms with E-state index < -0.39 is 0 Å². The van der Waals surface area contributed by atoms with Crippen LogP contribution in [0.5, 0.6) is 5.75 Å². The van der Waals surface area contributed by atoms with Crippen LogP contribution in [0.3, 0.4) is 0 Å². The molecule has 0 atom stereocenters. The van der Waals surface area contributed by atoms with Crippen LogP contribution in [0.15, 0.2) is 54.7 Å². The van der Waals surface area contributed by atoms with E-state index in [4.69, 9.17) is 0 Å². The van der Waals surface area contributed by atoms with Crippen molar-refractivity contribution in [2.75, 3.05) is 20.1 Å². The number of aromatic nitrogens is 4. The van der Waals surface area contributed by atoms with Crippen LogP contribution < -0.4 is 0 Å². The summed E-state index contributed by atoms with van der Waals surface area (Å²) < 4.78 is 1.80. The maximum atomic E-state index is 10.6. The van der Waals surface area contributed by atoms with Gasteiger partial charge in [0, 0.05) is 43.2 Å². The van der Waals surface area contributed by atoms with Gasteiger partial charge in [-0.3, -0.25) is 4.68 Å². The van der Waals surface area contributed by atoms with Gasteiger partial charge in [0.05, 0.1) is 16.9 Å². The fourth-order valence-corrected chi connectivity index (χ4v) is 3.85. The zero-order chi connectivity index (χ0) is 19.3. The lowest BCUT2D eigenvalue weighted by Crippen LogP contribution is -2.42. The van der Waals surface area contributed by atoms with Crippen molar-refractivity contribution < 1.29 is 5.11 Å². The molecule has 2 aromatic heterocycles. The summed E-state index contributed by atoms with van der Waals surface area (Å²) in [6.45, 7) is 2.05. The molecule has 0 radical (unpaired) electrons. The molecule has 29 heavy (non-hydrogen) atoms. The molecular formula is C22H22ClN5O. The quantitative estimate of drug-likeness (QED) is 0.558. The first-order chi connectivity index (χ1) is 13.6. The number of benzene rings is 2. The molecule has 6 nitrogen and oxygen atoms in total. The van der Waals surface area contributed by atoms with Crippen LogP contribution in [0.25, 0.3) is 33.3 Å². The molecule has 1 aliphatic rings. The fraction of sp³-hybridized carbons (Fsp3) is 0.227. The van der Waals surface area contributed by atoms with E-state index in [1.807, 2.05) is 49.6 Å². The number of aryl methyl sites for hydroxylation is 1.